The highest BCUT2D eigenvalue weighted by molar-refractivity contribution is 9.10. The molecule has 78 valence electrons. The molecule has 3 N–H and O–H groups in total. The van der Waals surface area contributed by atoms with Gasteiger partial charge in [-0.15, -0.1) is 0 Å². The number of aryl methyl sites for hydroxylation is 2. The lowest BCUT2D eigenvalue weighted by Gasteiger charge is -2.03. The van der Waals surface area contributed by atoms with E-state index in [2.05, 4.69) is 26.3 Å². The summed E-state index contributed by atoms with van der Waals surface area (Å²) in [6, 6.07) is 0. The van der Waals surface area contributed by atoms with Crippen LogP contribution in [0.5, 0.6) is 0 Å². The smallest absolute Gasteiger partial charge is 0.138 e. The van der Waals surface area contributed by atoms with Crippen molar-refractivity contribution in [2.24, 2.45) is 12.8 Å². The van der Waals surface area contributed by atoms with Crippen molar-refractivity contribution in [1.82, 2.24) is 9.78 Å². The highest BCUT2D eigenvalue weighted by Crippen LogP contribution is 2.24. The van der Waals surface area contributed by atoms with Crippen LogP contribution >= 0.6 is 15.9 Å². The van der Waals surface area contributed by atoms with Crippen molar-refractivity contribution < 1.29 is 0 Å². The molecule has 0 radical (unpaired) electrons. The molecule has 0 spiro atoms. The van der Waals surface area contributed by atoms with E-state index in [4.69, 9.17) is 5.73 Å². The average Bonchev–Trinajstić information content (AvgIpc) is 2.38. The molecule has 1 rings (SSSR count). The summed E-state index contributed by atoms with van der Waals surface area (Å²) in [4.78, 5) is 0. The highest BCUT2D eigenvalue weighted by Gasteiger charge is 2.08. The Balaban J connectivity index is 2.62. The molecule has 0 aliphatic rings. The number of rotatable bonds is 4. The van der Waals surface area contributed by atoms with Crippen molar-refractivity contribution in [2.45, 2.75) is 6.92 Å². The van der Waals surface area contributed by atoms with Gasteiger partial charge in [0, 0.05) is 20.1 Å². The largest absolute Gasteiger partial charge is 0.366 e. The maximum Gasteiger partial charge on any atom is 0.138 e. The summed E-state index contributed by atoms with van der Waals surface area (Å²) in [6.45, 7) is 3.30. The molecule has 0 fully saturated rings. The van der Waals surface area contributed by atoms with Crippen LogP contribution in [0.1, 0.15) is 5.69 Å². The Kier molecular flexibility index (Phi) is 4.16. The van der Waals surface area contributed by atoms with Crippen LogP contribution in [0.25, 0.3) is 0 Å². The second-order valence-electron chi connectivity index (χ2n) is 2.96. The lowest BCUT2D eigenvalue weighted by atomic mass is 10.4. The maximum absolute atomic E-state index is 5.33. The van der Waals surface area contributed by atoms with Crippen molar-refractivity contribution in [2.75, 3.05) is 18.4 Å². The normalized spacial score (nSPS) is 11.1. The summed E-state index contributed by atoms with van der Waals surface area (Å²) < 4.78 is 2.83. The summed E-state index contributed by atoms with van der Waals surface area (Å²) in [7, 11) is 1.91. The summed E-state index contributed by atoms with van der Waals surface area (Å²) >= 11 is 3.48. The van der Waals surface area contributed by atoms with Gasteiger partial charge >= 0.3 is 0 Å². The molecule has 0 aromatic carbocycles. The monoisotopic (exact) mass is 258 g/mol. The van der Waals surface area contributed by atoms with E-state index in [1.54, 1.807) is 0 Å². The Morgan fingerprint density at radius 3 is 2.79 bits per heavy atom. The van der Waals surface area contributed by atoms with Gasteiger partial charge in [0.25, 0.3) is 0 Å². The van der Waals surface area contributed by atoms with Gasteiger partial charge in [-0.25, -0.2) is 0 Å². The molecule has 0 aliphatic carbocycles. The molecule has 0 bridgehead atoms. The first kappa shape index (κ1) is 11.3. The number of nitrogens with two attached hydrogens (primary N) is 1. The number of halogens is 1. The minimum atomic E-state index is 0.577. The van der Waals surface area contributed by atoms with E-state index in [9.17, 15) is 0 Å². The van der Waals surface area contributed by atoms with Crippen molar-refractivity contribution in [3.05, 3.63) is 22.3 Å². The molecule has 4 nitrogen and oxygen atoms in total. The molecule has 5 heteroatoms. The topological polar surface area (TPSA) is 55.9 Å². The minimum Gasteiger partial charge on any atom is -0.366 e. The second-order valence-corrected chi connectivity index (χ2v) is 3.75. The van der Waals surface area contributed by atoms with E-state index in [1.807, 2.05) is 30.8 Å². The molecule has 0 aliphatic heterocycles. The van der Waals surface area contributed by atoms with E-state index < -0.39 is 0 Å². The van der Waals surface area contributed by atoms with Crippen molar-refractivity contribution in [1.29, 1.82) is 0 Å². The van der Waals surface area contributed by atoms with Crippen LogP contribution in [-0.4, -0.2) is 22.9 Å². The molecule has 14 heavy (non-hydrogen) atoms. The molecule has 1 aromatic rings. The van der Waals surface area contributed by atoms with Crippen LogP contribution in [0, 0.1) is 6.92 Å². The summed E-state index contributed by atoms with van der Waals surface area (Å²) in [5.74, 6) is 0.990. The molecule has 0 saturated heterocycles. The quantitative estimate of drug-likeness (QED) is 0.804. The number of hydrogen-bond acceptors (Lipinski definition) is 3. The number of hydrogen-bond donors (Lipinski definition) is 2. The van der Waals surface area contributed by atoms with Crippen LogP contribution in [0.3, 0.4) is 0 Å². The van der Waals surface area contributed by atoms with Gasteiger partial charge in [0.05, 0.1) is 10.2 Å². The minimum absolute atomic E-state index is 0.577. The SMILES string of the molecule is Cc1nn(C)c(NC/C=C/CN)c1Br. The lowest BCUT2D eigenvalue weighted by Crippen LogP contribution is -2.05. The third kappa shape index (κ3) is 2.59. The number of nitrogens with one attached hydrogen (secondary N) is 1. The van der Waals surface area contributed by atoms with E-state index in [0.717, 1.165) is 22.5 Å². The fourth-order valence-corrected chi connectivity index (χ4v) is 1.64. The summed E-state index contributed by atoms with van der Waals surface area (Å²) in [6.07, 6.45) is 3.92. The molecule has 0 atom stereocenters. The van der Waals surface area contributed by atoms with Crippen molar-refractivity contribution in [3.8, 4) is 0 Å². The number of anilines is 1. The Morgan fingerprint density at radius 1 is 1.57 bits per heavy atom. The van der Waals surface area contributed by atoms with Gasteiger partial charge in [-0.3, -0.25) is 4.68 Å². The first-order chi connectivity index (χ1) is 6.66. The zero-order chi connectivity index (χ0) is 10.6. The van der Waals surface area contributed by atoms with Crippen LogP contribution in [-0.2, 0) is 7.05 Å². The van der Waals surface area contributed by atoms with Gasteiger partial charge in [-0.05, 0) is 22.9 Å². The first-order valence-electron chi connectivity index (χ1n) is 4.45. The fraction of sp³-hybridized carbons (Fsp3) is 0.444. The first-order valence-corrected chi connectivity index (χ1v) is 5.24. The zero-order valence-corrected chi connectivity index (χ0v) is 10.0. The maximum atomic E-state index is 5.33. The molecule has 0 unspecified atom stereocenters. The Bertz CT molecular complexity index is 330. The van der Waals surface area contributed by atoms with Crippen LogP contribution in [0.4, 0.5) is 5.82 Å². The third-order valence-corrected chi connectivity index (χ3v) is 2.79. The highest BCUT2D eigenvalue weighted by atomic mass is 79.9. The van der Waals surface area contributed by atoms with Gasteiger partial charge in [0.15, 0.2) is 0 Å². The molecule has 1 heterocycles. The Hall–Kier alpha value is -0.810. The van der Waals surface area contributed by atoms with Gasteiger partial charge in [0.2, 0.25) is 0 Å². The van der Waals surface area contributed by atoms with E-state index >= 15 is 0 Å². The molecule has 1 aromatic heterocycles. The second kappa shape index (κ2) is 5.17. The molecular weight excluding hydrogens is 244 g/mol. The van der Waals surface area contributed by atoms with Gasteiger partial charge in [-0.1, -0.05) is 12.2 Å². The van der Waals surface area contributed by atoms with Crippen molar-refractivity contribution >= 4 is 21.7 Å². The van der Waals surface area contributed by atoms with Gasteiger partial charge < -0.3 is 11.1 Å². The molecular formula is C9H15BrN4. The standard InChI is InChI=1S/C9H15BrN4/c1-7-8(10)9(14(2)13-7)12-6-4-3-5-11/h3-4,12H,5-6,11H2,1-2H3/b4-3+. The lowest BCUT2D eigenvalue weighted by molar-refractivity contribution is 0.761. The van der Waals surface area contributed by atoms with Crippen LogP contribution < -0.4 is 11.1 Å². The summed E-state index contributed by atoms with van der Waals surface area (Å²) in [5, 5.41) is 7.52. The van der Waals surface area contributed by atoms with Crippen LogP contribution in [0.15, 0.2) is 16.6 Å². The van der Waals surface area contributed by atoms with E-state index in [1.165, 1.54) is 0 Å². The molecule has 0 saturated carbocycles. The average molecular weight is 259 g/mol. The van der Waals surface area contributed by atoms with Crippen LogP contribution in [0.2, 0.25) is 0 Å². The predicted molar refractivity (Wildman–Crippen MR) is 62.3 cm³/mol. The van der Waals surface area contributed by atoms with Gasteiger partial charge in [-0.2, -0.15) is 5.10 Å². The third-order valence-electron chi connectivity index (χ3n) is 1.84. The summed E-state index contributed by atoms with van der Waals surface area (Å²) in [5.41, 5.74) is 6.31. The van der Waals surface area contributed by atoms with Gasteiger partial charge in [0.1, 0.15) is 5.82 Å². The van der Waals surface area contributed by atoms with E-state index in [0.29, 0.717) is 6.54 Å². The predicted octanol–water partition coefficient (Wildman–Crippen LogP) is 1.42. The zero-order valence-electron chi connectivity index (χ0n) is 8.42. The van der Waals surface area contributed by atoms with Crippen molar-refractivity contribution in [3.63, 3.8) is 0 Å². The Morgan fingerprint density at radius 2 is 2.29 bits per heavy atom. The van der Waals surface area contributed by atoms with E-state index in [-0.39, 0.29) is 0 Å². The number of nitrogens with zero attached hydrogens (tertiary/aromatic N) is 2. The Labute approximate surface area is 92.3 Å². The number of aromatic nitrogens is 2. The molecule has 0 amide bonds. The fourth-order valence-electron chi connectivity index (χ4n) is 1.16.